The standard InChI is InChI=1S/C18H16N2O2S/c21-23(22,18-7-3-5-14-12-19-11-10-16(14)18)20-17-9-8-13-4-1-2-6-15(13)17/h1-7,10-12,17,20H,8-9H2. The maximum atomic E-state index is 12.9. The second-order valence-corrected chi connectivity index (χ2v) is 7.45. The van der Waals surface area contributed by atoms with E-state index in [4.69, 9.17) is 0 Å². The number of benzene rings is 2. The number of hydrogen-bond acceptors (Lipinski definition) is 3. The third kappa shape index (κ3) is 2.52. The van der Waals surface area contributed by atoms with Crippen molar-refractivity contribution in [2.24, 2.45) is 0 Å². The fraction of sp³-hybridized carbons (Fsp3) is 0.167. The van der Waals surface area contributed by atoms with Crippen LogP contribution in [0.2, 0.25) is 0 Å². The lowest BCUT2D eigenvalue weighted by molar-refractivity contribution is 0.555. The summed E-state index contributed by atoms with van der Waals surface area (Å²) in [7, 11) is -3.59. The Morgan fingerprint density at radius 1 is 1.04 bits per heavy atom. The van der Waals surface area contributed by atoms with E-state index in [0.717, 1.165) is 23.8 Å². The Balaban J connectivity index is 1.74. The molecule has 1 aliphatic carbocycles. The van der Waals surface area contributed by atoms with Crippen molar-refractivity contribution >= 4 is 20.8 Å². The monoisotopic (exact) mass is 324 g/mol. The van der Waals surface area contributed by atoms with Crippen LogP contribution in [-0.2, 0) is 16.4 Å². The molecule has 0 aliphatic heterocycles. The molecule has 4 nitrogen and oxygen atoms in total. The van der Waals surface area contributed by atoms with Crippen LogP contribution in [0.4, 0.5) is 0 Å². The van der Waals surface area contributed by atoms with Crippen LogP contribution in [0.25, 0.3) is 10.8 Å². The summed E-state index contributed by atoms with van der Waals surface area (Å²) in [4.78, 5) is 4.36. The number of nitrogens with one attached hydrogen (secondary N) is 1. The molecule has 0 saturated heterocycles. The van der Waals surface area contributed by atoms with Gasteiger partial charge >= 0.3 is 0 Å². The summed E-state index contributed by atoms with van der Waals surface area (Å²) in [6.07, 6.45) is 5.00. The Labute approximate surface area is 135 Å². The molecule has 1 aromatic heterocycles. The molecule has 0 saturated carbocycles. The average Bonchev–Trinajstić information content (AvgIpc) is 2.97. The Morgan fingerprint density at radius 3 is 2.83 bits per heavy atom. The molecule has 1 heterocycles. The fourth-order valence-corrected chi connectivity index (χ4v) is 4.74. The number of aromatic nitrogens is 1. The van der Waals surface area contributed by atoms with E-state index in [2.05, 4.69) is 15.8 Å². The van der Waals surface area contributed by atoms with E-state index < -0.39 is 10.0 Å². The smallest absolute Gasteiger partial charge is 0.241 e. The van der Waals surface area contributed by atoms with Crippen LogP contribution in [-0.4, -0.2) is 13.4 Å². The average molecular weight is 324 g/mol. The van der Waals surface area contributed by atoms with Crippen molar-refractivity contribution in [3.8, 4) is 0 Å². The van der Waals surface area contributed by atoms with Crippen molar-refractivity contribution in [2.45, 2.75) is 23.8 Å². The first-order valence-electron chi connectivity index (χ1n) is 7.58. The van der Waals surface area contributed by atoms with Crippen molar-refractivity contribution in [1.82, 2.24) is 9.71 Å². The molecule has 116 valence electrons. The van der Waals surface area contributed by atoms with Gasteiger partial charge in [-0.05, 0) is 36.1 Å². The number of nitrogens with zero attached hydrogens (tertiary/aromatic N) is 1. The molecule has 1 unspecified atom stereocenters. The lowest BCUT2D eigenvalue weighted by Gasteiger charge is -2.15. The summed E-state index contributed by atoms with van der Waals surface area (Å²) in [6, 6.07) is 14.9. The zero-order valence-corrected chi connectivity index (χ0v) is 13.3. The zero-order chi connectivity index (χ0) is 15.9. The molecule has 0 amide bonds. The molecule has 1 N–H and O–H groups in total. The summed E-state index contributed by atoms with van der Waals surface area (Å²) in [5.74, 6) is 0. The van der Waals surface area contributed by atoms with Gasteiger partial charge in [0.1, 0.15) is 0 Å². The first kappa shape index (κ1) is 14.4. The molecule has 5 heteroatoms. The quantitative estimate of drug-likeness (QED) is 0.805. The van der Waals surface area contributed by atoms with E-state index in [1.807, 2.05) is 24.3 Å². The van der Waals surface area contributed by atoms with E-state index in [1.54, 1.807) is 30.6 Å². The highest BCUT2D eigenvalue weighted by Crippen LogP contribution is 2.32. The first-order valence-corrected chi connectivity index (χ1v) is 9.06. The normalized spacial score (nSPS) is 17.3. The lowest BCUT2D eigenvalue weighted by atomic mass is 10.1. The van der Waals surface area contributed by atoms with E-state index in [-0.39, 0.29) is 6.04 Å². The van der Waals surface area contributed by atoms with Gasteiger partial charge in [-0.2, -0.15) is 0 Å². The molecule has 1 aliphatic rings. The molecular weight excluding hydrogens is 308 g/mol. The number of fused-ring (bicyclic) bond motifs is 2. The summed E-state index contributed by atoms with van der Waals surface area (Å²) in [5, 5.41) is 1.52. The van der Waals surface area contributed by atoms with Gasteiger partial charge in [-0.1, -0.05) is 36.4 Å². The van der Waals surface area contributed by atoms with Gasteiger partial charge in [0.2, 0.25) is 10.0 Å². The molecule has 2 aromatic carbocycles. The minimum absolute atomic E-state index is 0.159. The van der Waals surface area contributed by atoms with Gasteiger partial charge in [0.25, 0.3) is 0 Å². The van der Waals surface area contributed by atoms with Gasteiger partial charge in [-0.25, -0.2) is 13.1 Å². The minimum Gasteiger partial charge on any atom is -0.264 e. The van der Waals surface area contributed by atoms with Crippen LogP contribution < -0.4 is 4.72 Å². The number of sulfonamides is 1. The molecule has 0 fully saturated rings. The van der Waals surface area contributed by atoms with Gasteiger partial charge in [-0.3, -0.25) is 4.98 Å². The molecule has 0 radical (unpaired) electrons. The molecular formula is C18H16N2O2S. The second-order valence-electron chi connectivity index (χ2n) is 5.76. The topological polar surface area (TPSA) is 59.1 Å². The van der Waals surface area contributed by atoms with Gasteiger partial charge in [-0.15, -0.1) is 0 Å². The van der Waals surface area contributed by atoms with E-state index in [1.165, 1.54) is 5.56 Å². The maximum absolute atomic E-state index is 12.9. The third-order valence-electron chi connectivity index (χ3n) is 4.36. The predicted octanol–water partition coefficient (Wildman–Crippen LogP) is 3.20. The highest BCUT2D eigenvalue weighted by atomic mass is 32.2. The van der Waals surface area contributed by atoms with Crippen LogP contribution in [0.15, 0.2) is 65.8 Å². The van der Waals surface area contributed by atoms with Crippen LogP contribution in [0.1, 0.15) is 23.6 Å². The maximum Gasteiger partial charge on any atom is 0.241 e. The van der Waals surface area contributed by atoms with Crippen molar-refractivity contribution in [3.05, 3.63) is 72.1 Å². The molecule has 23 heavy (non-hydrogen) atoms. The Bertz CT molecular complexity index is 978. The van der Waals surface area contributed by atoms with Gasteiger partial charge in [0.05, 0.1) is 4.90 Å². The third-order valence-corrected chi connectivity index (χ3v) is 5.89. The molecule has 4 rings (SSSR count). The molecule has 0 spiro atoms. The highest BCUT2D eigenvalue weighted by molar-refractivity contribution is 7.89. The molecule has 3 aromatic rings. The van der Waals surface area contributed by atoms with Crippen LogP contribution in [0, 0.1) is 0 Å². The SMILES string of the molecule is O=S(=O)(NC1CCc2ccccc21)c1cccc2cnccc12. The summed E-state index contributed by atoms with van der Waals surface area (Å²) in [6.45, 7) is 0. The van der Waals surface area contributed by atoms with Crippen LogP contribution >= 0.6 is 0 Å². The summed E-state index contributed by atoms with van der Waals surface area (Å²) < 4.78 is 28.6. The molecule has 1 atom stereocenters. The number of pyridine rings is 1. The summed E-state index contributed by atoms with van der Waals surface area (Å²) in [5.41, 5.74) is 2.31. The molecule has 0 bridgehead atoms. The number of aryl methyl sites for hydroxylation is 1. The van der Waals surface area contributed by atoms with E-state index in [0.29, 0.717) is 10.3 Å². The van der Waals surface area contributed by atoms with Gasteiger partial charge < -0.3 is 0 Å². The van der Waals surface area contributed by atoms with Crippen molar-refractivity contribution < 1.29 is 8.42 Å². The highest BCUT2D eigenvalue weighted by Gasteiger charge is 2.27. The van der Waals surface area contributed by atoms with Crippen molar-refractivity contribution in [1.29, 1.82) is 0 Å². The number of hydrogen-bond donors (Lipinski definition) is 1. The fourth-order valence-electron chi connectivity index (χ4n) is 3.26. The van der Waals surface area contributed by atoms with Crippen LogP contribution in [0.5, 0.6) is 0 Å². The summed E-state index contributed by atoms with van der Waals surface area (Å²) >= 11 is 0. The Kier molecular flexibility index (Phi) is 3.39. The van der Waals surface area contributed by atoms with Gasteiger partial charge in [0.15, 0.2) is 0 Å². The lowest BCUT2D eigenvalue weighted by Crippen LogP contribution is -2.27. The van der Waals surface area contributed by atoms with Crippen LogP contribution in [0.3, 0.4) is 0 Å². The predicted molar refractivity (Wildman–Crippen MR) is 89.6 cm³/mol. The minimum atomic E-state index is -3.59. The largest absolute Gasteiger partial charge is 0.264 e. The number of rotatable bonds is 3. The Hall–Kier alpha value is -2.24. The second kappa shape index (κ2) is 5.44. The van der Waals surface area contributed by atoms with Crippen molar-refractivity contribution in [3.63, 3.8) is 0 Å². The Morgan fingerprint density at radius 2 is 1.91 bits per heavy atom. The van der Waals surface area contributed by atoms with E-state index >= 15 is 0 Å². The van der Waals surface area contributed by atoms with Crippen molar-refractivity contribution in [2.75, 3.05) is 0 Å². The van der Waals surface area contributed by atoms with E-state index in [9.17, 15) is 8.42 Å². The van der Waals surface area contributed by atoms with Gasteiger partial charge in [0, 0.05) is 29.2 Å². The first-order chi connectivity index (χ1) is 11.1. The zero-order valence-electron chi connectivity index (χ0n) is 12.4.